The highest BCUT2D eigenvalue weighted by Crippen LogP contribution is 2.26. The SMILES string of the molecule is CC(C)(C)c1ncc(CNCc2ccccc2F)s1. The molecule has 2 rings (SSSR count). The zero-order chi connectivity index (χ0) is 13.9. The Kier molecular flexibility index (Phi) is 4.32. The fraction of sp³-hybridized carbons (Fsp3) is 0.400. The van der Waals surface area contributed by atoms with Crippen LogP contribution in [-0.2, 0) is 18.5 Å². The quantitative estimate of drug-likeness (QED) is 0.918. The molecule has 0 unspecified atom stereocenters. The van der Waals surface area contributed by atoms with Gasteiger partial charge in [-0.15, -0.1) is 11.3 Å². The smallest absolute Gasteiger partial charge is 0.127 e. The molecule has 4 heteroatoms. The van der Waals surface area contributed by atoms with E-state index in [-0.39, 0.29) is 11.2 Å². The maximum Gasteiger partial charge on any atom is 0.127 e. The predicted octanol–water partition coefficient (Wildman–Crippen LogP) is 3.87. The Morgan fingerprint density at radius 2 is 1.95 bits per heavy atom. The van der Waals surface area contributed by atoms with E-state index < -0.39 is 0 Å². The summed E-state index contributed by atoms with van der Waals surface area (Å²) in [5.41, 5.74) is 0.789. The van der Waals surface area contributed by atoms with Crippen molar-refractivity contribution in [1.29, 1.82) is 0 Å². The second kappa shape index (κ2) is 5.80. The number of halogens is 1. The minimum Gasteiger partial charge on any atom is -0.308 e. The van der Waals surface area contributed by atoms with Crippen LogP contribution in [0.15, 0.2) is 30.5 Å². The molecule has 1 N–H and O–H groups in total. The molecule has 0 atom stereocenters. The molecule has 0 fully saturated rings. The first-order chi connectivity index (χ1) is 8.97. The summed E-state index contributed by atoms with van der Waals surface area (Å²) in [6.45, 7) is 7.73. The van der Waals surface area contributed by atoms with E-state index in [2.05, 4.69) is 31.1 Å². The average molecular weight is 278 g/mol. The Balaban J connectivity index is 1.90. The second-order valence-electron chi connectivity index (χ2n) is 5.58. The van der Waals surface area contributed by atoms with Gasteiger partial charge < -0.3 is 5.32 Å². The van der Waals surface area contributed by atoms with Gasteiger partial charge in [0.2, 0.25) is 0 Å². The van der Waals surface area contributed by atoms with Crippen LogP contribution in [0.2, 0.25) is 0 Å². The Morgan fingerprint density at radius 3 is 2.58 bits per heavy atom. The monoisotopic (exact) mass is 278 g/mol. The maximum absolute atomic E-state index is 13.4. The molecule has 2 nitrogen and oxygen atoms in total. The van der Waals surface area contributed by atoms with Gasteiger partial charge in [0.1, 0.15) is 5.82 Å². The van der Waals surface area contributed by atoms with Crippen LogP contribution < -0.4 is 5.32 Å². The number of nitrogens with zero attached hydrogens (tertiary/aromatic N) is 1. The van der Waals surface area contributed by atoms with Gasteiger partial charge in [0.15, 0.2) is 0 Å². The van der Waals surface area contributed by atoms with Crippen molar-refractivity contribution in [2.45, 2.75) is 39.3 Å². The van der Waals surface area contributed by atoms with E-state index in [1.54, 1.807) is 23.5 Å². The number of nitrogens with one attached hydrogen (secondary N) is 1. The van der Waals surface area contributed by atoms with Crippen LogP contribution in [0.25, 0.3) is 0 Å². The summed E-state index contributed by atoms with van der Waals surface area (Å²) < 4.78 is 13.4. The molecular formula is C15H19FN2S. The van der Waals surface area contributed by atoms with Gasteiger partial charge in [0, 0.05) is 35.1 Å². The molecule has 1 aromatic carbocycles. The number of aromatic nitrogens is 1. The highest BCUT2D eigenvalue weighted by molar-refractivity contribution is 7.11. The Bertz CT molecular complexity index is 543. The molecule has 0 bridgehead atoms. The van der Waals surface area contributed by atoms with Crippen molar-refractivity contribution in [1.82, 2.24) is 10.3 Å². The van der Waals surface area contributed by atoms with Gasteiger partial charge in [-0.25, -0.2) is 9.37 Å². The summed E-state index contributed by atoms with van der Waals surface area (Å²) in [5, 5.41) is 4.39. The van der Waals surface area contributed by atoms with Gasteiger partial charge in [-0.1, -0.05) is 39.0 Å². The van der Waals surface area contributed by atoms with Crippen molar-refractivity contribution in [3.63, 3.8) is 0 Å². The molecule has 0 aliphatic rings. The van der Waals surface area contributed by atoms with Crippen LogP contribution in [0.4, 0.5) is 4.39 Å². The van der Waals surface area contributed by atoms with E-state index in [1.807, 2.05) is 12.3 Å². The Morgan fingerprint density at radius 1 is 1.21 bits per heavy atom. The molecule has 2 aromatic rings. The van der Waals surface area contributed by atoms with E-state index in [9.17, 15) is 4.39 Å². The summed E-state index contributed by atoms with van der Waals surface area (Å²) in [5.74, 6) is -0.158. The van der Waals surface area contributed by atoms with Crippen molar-refractivity contribution in [2.75, 3.05) is 0 Å². The van der Waals surface area contributed by atoms with Gasteiger partial charge in [0.05, 0.1) is 5.01 Å². The molecule has 0 saturated carbocycles. The average Bonchev–Trinajstić information content (AvgIpc) is 2.80. The third-order valence-electron chi connectivity index (χ3n) is 2.77. The maximum atomic E-state index is 13.4. The zero-order valence-corrected chi connectivity index (χ0v) is 12.4. The zero-order valence-electron chi connectivity index (χ0n) is 11.5. The lowest BCUT2D eigenvalue weighted by Gasteiger charge is -2.13. The molecule has 102 valence electrons. The van der Waals surface area contributed by atoms with Crippen molar-refractivity contribution in [3.05, 3.63) is 51.7 Å². The van der Waals surface area contributed by atoms with Crippen LogP contribution in [-0.4, -0.2) is 4.98 Å². The summed E-state index contributed by atoms with van der Waals surface area (Å²) >= 11 is 1.71. The topological polar surface area (TPSA) is 24.9 Å². The molecule has 0 radical (unpaired) electrons. The number of thiazole rings is 1. The molecule has 1 heterocycles. The van der Waals surface area contributed by atoms with Gasteiger partial charge in [0.25, 0.3) is 0 Å². The lowest BCUT2D eigenvalue weighted by atomic mass is 9.98. The van der Waals surface area contributed by atoms with E-state index in [0.717, 1.165) is 11.6 Å². The van der Waals surface area contributed by atoms with E-state index in [0.29, 0.717) is 12.1 Å². The lowest BCUT2D eigenvalue weighted by Crippen LogP contribution is -2.12. The van der Waals surface area contributed by atoms with Crippen LogP contribution in [0, 0.1) is 5.82 Å². The highest BCUT2D eigenvalue weighted by Gasteiger charge is 2.17. The standard InChI is InChI=1S/C15H19FN2S/c1-15(2,3)14-18-10-12(19-14)9-17-8-11-6-4-5-7-13(11)16/h4-7,10,17H,8-9H2,1-3H3. The molecule has 1 aromatic heterocycles. The summed E-state index contributed by atoms with van der Waals surface area (Å²) in [4.78, 5) is 5.62. The molecule has 0 spiro atoms. The molecule has 0 aliphatic carbocycles. The fourth-order valence-corrected chi connectivity index (χ4v) is 2.64. The van der Waals surface area contributed by atoms with Crippen LogP contribution in [0.1, 0.15) is 36.2 Å². The van der Waals surface area contributed by atoms with Gasteiger partial charge in [-0.3, -0.25) is 0 Å². The number of rotatable bonds is 4. The van der Waals surface area contributed by atoms with Crippen LogP contribution in [0.5, 0.6) is 0 Å². The second-order valence-corrected chi connectivity index (χ2v) is 6.69. The van der Waals surface area contributed by atoms with Crippen LogP contribution in [0.3, 0.4) is 0 Å². The fourth-order valence-electron chi connectivity index (χ4n) is 1.70. The third-order valence-corrected chi connectivity index (χ3v) is 4.19. The van der Waals surface area contributed by atoms with Gasteiger partial charge in [-0.2, -0.15) is 0 Å². The predicted molar refractivity (Wildman–Crippen MR) is 77.8 cm³/mol. The summed E-state index contributed by atoms with van der Waals surface area (Å²) in [7, 11) is 0. The summed E-state index contributed by atoms with van der Waals surface area (Å²) in [6, 6.07) is 6.85. The Hall–Kier alpha value is -1.26. The van der Waals surface area contributed by atoms with Crippen molar-refractivity contribution in [3.8, 4) is 0 Å². The van der Waals surface area contributed by atoms with Crippen molar-refractivity contribution < 1.29 is 4.39 Å². The van der Waals surface area contributed by atoms with E-state index in [1.165, 1.54) is 10.9 Å². The minimum atomic E-state index is -0.158. The first-order valence-electron chi connectivity index (χ1n) is 6.36. The molecular weight excluding hydrogens is 259 g/mol. The normalized spacial score (nSPS) is 11.8. The molecule has 19 heavy (non-hydrogen) atoms. The largest absolute Gasteiger partial charge is 0.308 e. The Labute approximate surface area is 117 Å². The number of benzene rings is 1. The van der Waals surface area contributed by atoms with E-state index >= 15 is 0 Å². The minimum absolute atomic E-state index is 0.0917. The van der Waals surface area contributed by atoms with Crippen LogP contribution >= 0.6 is 11.3 Å². The van der Waals surface area contributed by atoms with E-state index in [4.69, 9.17) is 0 Å². The first kappa shape index (κ1) is 14.2. The van der Waals surface area contributed by atoms with Gasteiger partial charge >= 0.3 is 0 Å². The summed E-state index contributed by atoms with van der Waals surface area (Å²) in [6.07, 6.45) is 1.90. The number of hydrogen-bond acceptors (Lipinski definition) is 3. The van der Waals surface area contributed by atoms with Crippen molar-refractivity contribution >= 4 is 11.3 Å². The highest BCUT2D eigenvalue weighted by atomic mass is 32.1. The lowest BCUT2D eigenvalue weighted by molar-refractivity contribution is 0.585. The molecule has 0 aliphatic heterocycles. The first-order valence-corrected chi connectivity index (χ1v) is 7.18. The number of hydrogen-bond donors (Lipinski definition) is 1. The van der Waals surface area contributed by atoms with Gasteiger partial charge in [-0.05, 0) is 6.07 Å². The van der Waals surface area contributed by atoms with Crippen molar-refractivity contribution in [2.24, 2.45) is 0 Å². The molecule has 0 saturated heterocycles. The third kappa shape index (κ3) is 3.85. The molecule has 0 amide bonds.